The van der Waals surface area contributed by atoms with Gasteiger partial charge in [-0.1, -0.05) is 65.7 Å². The van der Waals surface area contributed by atoms with Gasteiger partial charge in [0.1, 0.15) is 0 Å². The highest BCUT2D eigenvalue weighted by Gasteiger charge is 1.93. The average molecular weight is 249 g/mol. The summed E-state index contributed by atoms with van der Waals surface area (Å²) in [4.78, 5) is 0. The minimum atomic E-state index is 0.745. The van der Waals surface area contributed by atoms with Crippen LogP contribution in [0, 0.1) is 0 Å². The second-order valence-electron chi connectivity index (χ2n) is 3.41. The molecular weight excluding hydrogens is 239 g/mol. The number of hydrogen-bond donors (Lipinski definition) is 0. The maximum absolute atomic E-state index is 6.04. The standard InChI is InChI=1S/C14H10Cl2/c15-13-9-6-11(7-10-13)5-8-12-3-1-2-4-14(12)16/h1-10H. The van der Waals surface area contributed by atoms with Crippen LogP contribution in [0.15, 0.2) is 48.5 Å². The predicted octanol–water partition coefficient (Wildman–Crippen LogP) is 5.16. The van der Waals surface area contributed by atoms with Gasteiger partial charge in [-0.3, -0.25) is 0 Å². The van der Waals surface area contributed by atoms with Gasteiger partial charge in [-0.15, -0.1) is 0 Å². The normalized spacial score (nSPS) is 10.9. The Balaban J connectivity index is 2.21. The third-order valence-electron chi connectivity index (χ3n) is 2.23. The molecule has 16 heavy (non-hydrogen) atoms. The van der Waals surface area contributed by atoms with Crippen molar-refractivity contribution in [1.82, 2.24) is 0 Å². The summed E-state index contributed by atoms with van der Waals surface area (Å²) in [6, 6.07) is 15.4. The molecule has 0 aliphatic heterocycles. The molecule has 0 radical (unpaired) electrons. The Hall–Kier alpha value is -1.24. The Kier molecular flexibility index (Phi) is 3.66. The third-order valence-corrected chi connectivity index (χ3v) is 2.83. The summed E-state index contributed by atoms with van der Waals surface area (Å²) in [6.45, 7) is 0. The summed E-state index contributed by atoms with van der Waals surface area (Å²) < 4.78 is 0. The molecule has 2 rings (SSSR count). The van der Waals surface area contributed by atoms with E-state index in [0.717, 1.165) is 21.2 Å². The fourth-order valence-corrected chi connectivity index (χ4v) is 1.69. The van der Waals surface area contributed by atoms with Gasteiger partial charge in [-0.25, -0.2) is 0 Å². The average Bonchev–Trinajstić information content (AvgIpc) is 2.30. The smallest absolute Gasteiger partial charge is 0.0478 e. The van der Waals surface area contributed by atoms with E-state index < -0.39 is 0 Å². The number of benzene rings is 2. The highest BCUT2D eigenvalue weighted by Crippen LogP contribution is 2.18. The highest BCUT2D eigenvalue weighted by molar-refractivity contribution is 6.32. The first-order valence-electron chi connectivity index (χ1n) is 4.94. The van der Waals surface area contributed by atoms with E-state index in [9.17, 15) is 0 Å². The summed E-state index contributed by atoms with van der Waals surface area (Å²) in [7, 11) is 0. The molecule has 0 aliphatic carbocycles. The SMILES string of the molecule is Clc1ccc(C=Cc2ccccc2Cl)cc1. The van der Waals surface area contributed by atoms with Crippen LogP contribution in [0.3, 0.4) is 0 Å². The van der Waals surface area contributed by atoms with E-state index in [1.807, 2.05) is 60.7 Å². The van der Waals surface area contributed by atoms with E-state index in [2.05, 4.69) is 0 Å². The topological polar surface area (TPSA) is 0 Å². The van der Waals surface area contributed by atoms with Crippen molar-refractivity contribution in [3.8, 4) is 0 Å². The lowest BCUT2D eigenvalue weighted by Crippen LogP contribution is -1.74. The lowest BCUT2D eigenvalue weighted by molar-refractivity contribution is 1.64. The second kappa shape index (κ2) is 5.20. The molecule has 0 aliphatic rings. The van der Waals surface area contributed by atoms with Gasteiger partial charge in [0.15, 0.2) is 0 Å². The molecule has 0 aromatic heterocycles. The molecule has 0 heterocycles. The first-order chi connectivity index (χ1) is 7.75. The molecular formula is C14H10Cl2. The van der Waals surface area contributed by atoms with Crippen molar-refractivity contribution in [2.75, 3.05) is 0 Å². The van der Waals surface area contributed by atoms with Crippen molar-refractivity contribution < 1.29 is 0 Å². The minimum absolute atomic E-state index is 0.745. The zero-order valence-corrected chi connectivity index (χ0v) is 10.0. The molecule has 0 spiro atoms. The molecule has 0 fully saturated rings. The van der Waals surface area contributed by atoms with Gasteiger partial charge in [0.2, 0.25) is 0 Å². The fourth-order valence-electron chi connectivity index (χ4n) is 1.37. The molecule has 2 aromatic rings. The summed E-state index contributed by atoms with van der Waals surface area (Å²) in [5.41, 5.74) is 2.11. The number of halogens is 2. The lowest BCUT2D eigenvalue weighted by atomic mass is 10.1. The Morgan fingerprint density at radius 2 is 1.44 bits per heavy atom. The summed E-state index contributed by atoms with van der Waals surface area (Å²) in [6.07, 6.45) is 4.00. The van der Waals surface area contributed by atoms with Gasteiger partial charge < -0.3 is 0 Å². The summed E-state index contributed by atoms with van der Waals surface area (Å²) in [5.74, 6) is 0. The Labute approximate surface area is 105 Å². The van der Waals surface area contributed by atoms with Crippen molar-refractivity contribution in [3.63, 3.8) is 0 Å². The lowest BCUT2D eigenvalue weighted by Gasteiger charge is -1.97. The first-order valence-corrected chi connectivity index (χ1v) is 5.69. The molecule has 0 N–H and O–H groups in total. The molecule has 0 unspecified atom stereocenters. The van der Waals surface area contributed by atoms with Crippen LogP contribution in [-0.2, 0) is 0 Å². The van der Waals surface area contributed by atoms with Crippen molar-refractivity contribution in [3.05, 3.63) is 69.7 Å². The Morgan fingerprint density at radius 1 is 0.750 bits per heavy atom. The van der Waals surface area contributed by atoms with E-state index in [1.165, 1.54) is 0 Å². The van der Waals surface area contributed by atoms with Crippen LogP contribution in [0.2, 0.25) is 10.0 Å². The quantitative estimate of drug-likeness (QED) is 0.644. The molecule has 0 amide bonds. The van der Waals surface area contributed by atoms with Crippen LogP contribution in [0.4, 0.5) is 0 Å². The van der Waals surface area contributed by atoms with Gasteiger partial charge in [-0.05, 0) is 29.3 Å². The van der Waals surface area contributed by atoms with E-state index in [1.54, 1.807) is 0 Å². The van der Waals surface area contributed by atoms with Crippen molar-refractivity contribution in [2.45, 2.75) is 0 Å². The first kappa shape index (κ1) is 11.3. The molecule has 2 aromatic carbocycles. The van der Waals surface area contributed by atoms with Crippen LogP contribution in [0.25, 0.3) is 12.2 Å². The van der Waals surface area contributed by atoms with Crippen molar-refractivity contribution >= 4 is 35.4 Å². The van der Waals surface area contributed by atoms with E-state index in [-0.39, 0.29) is 0 Å². The molecule has 0 saturated heterocycles. The molecule has 0 saturated carbocycles. The zero-order chi connectivity index (χ0) is 11.4. The number of hydrogen-bond acceptors (Lipinski definition) is 0. The summed E-state index contributed by atoms with van der Waals surface area (Å²) in [5, 5.41) is 1.50. The zero-order valence-electron chi connectivity index (χ0n) is 8.53. The Morgan fingerprint density at radius 3 is 2.12 bits per heavy atom. The minimum Gasteiger partial charge on any atom is -0.0843 e. The largest absolute Gasteiger partial charge is 0.0843 e. The number of rotatable bonds is 2. The van der Waals surface area contributed by atoms with E-state index in [0.29, 0.717) is 0 Å². The van der Waals surface area contributed by atoms with Crippen molar-refractivity contribution in [1.29, 1.82) is 0 Å². The van der Waals surface area contributed by atoms with E-state index >= 15 is 0 Å². The van der Waals surface area contributed by atoms with Crippen LogP contribution in [0.5, 0.6) is 0 Å². The molecule has 0 nitrogen and oxygen atoms in total. The second-order valence-corrected chi connectivity index (χ2v) is 4.25. The van der Waals surface area contributed by atoms with Gasteiger partial charge in [0.25, 0.3) is 0 Å². The highest BCUT2D eigenvalue weighted by atomic mass is 35.5. The third kappa shape index (κ3) is 2.88. The van der Waals surface area contributed by atoms with Crippen LogP contribution in [-0.4, -0.2) is 0 Å². The van der Waals surface area contributed by atoms with Crippen molar-refractivity contribution in [2.24, 2.45) is 0 Å². The predicted molar refractivity (Wildman–Crippen MR) is 71.8 cm³/mol. The monoisotopic (exact) mass is 248 g/mol. The van der Waals surface area contributed by atoms with Crippen LogP contribution < -0.4 is 0 Å². The maximum atomic E-state index is 6.04. The van der Waals surface area contributed by atoms with Crippen LogP contribution in [0.1, 0.15) is 11.1 Å². The fraction of sp³-hybridized carbons (Fsp3) is 0. The molecule has 80 valence electrons. The van der Waals surface area contributed by atoms with E-state index in [4.69, 9.17) is 23.2 Å². The Bertz CT molecular complexity index is 498. The molecule has 0 atom stereocenters. The molecule has 2 heteroatoms. The van der Waals surface area contributed by atoms with Gasteiger partial charge >= 0.3 is 0 Å². The van der Waals surface area contributed by atoms with Gasteiger partial charge in [0.05, 0.1) is 0 Å². The van der Waals surface area contributed by atoms with Gasteiger partial charge in [-0.2, -0.15) is 0 Å². The summed E-state index contributed by atoms with van der Waals surface area (Å²) >= 11 is 11.9. The van der Waals surface area contributed by atoms with Crippen LogP contribution >= 0.6 is 23.2 Å². The maximum Gasteiger partial charge on any atom is 0.0478 e. The van der Waals surface area contributed by atoms with Gasteiger partial charge in [0, 0.05) is 10.0 Å². The molecule has 0 bridgehead atoms.